The van der Waals surface area contributed by atoms with E-state index in [2.05, 4.69) is 57.3 Å². The highest BCUT2D eigenvalue weighted by Crippen LogP contribution is 2.39. The van der Waals surface area contributed by atoms with Crippen LogP contribution in [0, 0.1) is 0 Å². The van der Waals surface area contributed by atoms with E-state index in [1.165, 1.54) is 5.56 Å². The van der Waals surface area contributed by atoms with Crippen LogP contribution >= 0.6 is 15.9 Å². The predicted molar refractivity (Wildman–Crippen MR) is 80.5 cm³/mol. The highest BCUT2D eigenvalue weighted by atomic mass is 79.9. The van der Waals surface area contributed by atoms with Gasteiger partial charge in [-0.05, 0) is 24.6 Å². The second kappa shape index (κ2) is 5.52. The molecule has 3 nitrogen and oxygen atoms in total. The molecule has 1 atom stereocenters. The third kappa shape index (κ3) is 2.47. The van der Waals surface area contributed by atoms with Gasteiger partial charge in [-0.2, -0.15) is 0 Å². The fourth-order valence-electron chi connectivity index (χ4n) is 3.19. The third-order valence-corrected chi connectivity index (χ3v) is 5.11. The van der Waals surface area contributed by atoms with Gasteiger partial charge < -0.3 is 10.1 Å². The lowest BCUT2D eigenvalue weighted by Crippen LogP contribution is -2.62. The minimum Gasteiger partial charge on any atom is -0.379 e. The molecule has 0 amide bonds. The number of ether oxygens (including phenoxy) is 1. The summed E-state index contributed by atoms with van der Waals surface area (Å²) in [6.07, 6.45) is 0. The first kappa shape index (κ1) is 13.6. The Labute approximate surface area is 123 Å². The molecule has 2 fully saturated rings. The summed E-state index contributed by atoms with van der Waals surface area (Å²) in [5.74, 6) is 0. The fourth-order valence-corrected chi connectivity index (χ4v) is 3.59. The van der Waals surface area contributed by atoms with Gasteiger partial charge >= 0.3 is 0 Å². The normalized spacial score (nSPS) is 24.7. The molecule has 1 aromatic rings. The lowest BCUT2D eigenvalue weighted by atomic mass is 9.72. The van der Waals surface area contributed by atoms with Gasteiger partial charge in [0.15, 0.2) is 0 Å². The van der Waals surface area contributed by atoms with Crippen LogP contribution in [0.4, 0.5) is 0 Å². The van der Waals surface area contributed by atoms with E-state index in [0.29, 0.717) is 6.04 Å². The molecule has 0 bridgehead atoms. The molecule has 0 spiro atoms. The first-order valence-corrected chi connectivity index (χ1v) is 7.80. The van der Waals surface area contributed by atoms with E-state index in [1.807, 2.05) is 0 Å². The molecule has 1 N–H and O–H groups in total. The van der Waals surface area contributed by atoms with Crippen LogP contribution in [0.3, 0.4) is 0 Å². The maximum Gasteiger partial charge on any atom is 0.0600 e. The minimum atomic E-state index is 0.168. The highest BCUT2D eigenvalue weighted by Gasteiger charge is 2.47. The largest absolute Gasteiger partial charge is 0.379 e. The number of rotatable bonds is 3. The molecule has 2 aliphatic heterocycles. The van der Waals surface area contributed by atoms with Gasteiger partial charge in [0.25, 0.3) is 0 Å². The van der Waals surface area contributed by atoms with Gasteiger partial charge in [0.2, 0.25) is 0 Å². The van der Waals surface area contributed by atoms with E-state index in [4.69, 9.17) is 4.74 Å². The van der Waals surface area contributed by atoms with Crippen molar-refractivity contribution >= 4 is 15.9 Å². The van der Waals surface area contributed by atoms with Crippen LogP contribution in [0.1, 0.15) is 12.5 Å². The Balaban J connectivity index is 1.85. The Bertz CT molecular complexity index is 442. The molecule has 0 aliphatic carbocycles. The van der Waals surface area contributed by atoms with Crippen molar-refractivity contribution < 1.29 is 4.74 Å². The van der Waals surface area contributed by atoms with Gasteiger partial charge in [-0.25, -0.2) is 0 Å². The van der Waals surface area contributed by atoms with Gasteiger partial charge in [0.05, 0.1) is 18.6 Å². The second-order valence-corrected chi connectivity index (χ2v) is 6.54. The van der Waals surface area contributed by atoms with E-state index >= 15 is 0 Å². The molecule has 1 unspecified atom stereocenters. The van der Waals surface area contributed by atoms with Gasteiger partial charge in [0.1, 0.15) is 0 Å². The zero-order chi connectivity index (χ0) is 13.3. The van der Waals surface area contributed by atoms with Crippen molar-refractivity contribution in [2.75, 3.05) is 39.4 Å². The molecule has 0 saturated carbocycles. The molecule has 4 heteroatoms. The second-order valence-electron chi connectivity index (χ2n) is 5.62. The molecule has 2 aliphatic rings. The monoisotopic (exact) mass is 324 g/mol. The van der Waals surface area contributed by atoms with Crippen molar-refractivity contribution in [3.8, 4) is 0 Å². The molecule has 0 aromatic heterocycles. The number of nitrogens with one attached hydrogen (secondary N) is 1. The topological polar surface area (TPSA) is 24.5 Å². The number of halogens is 1. The molecular formula is C15H21BrN2O. The lowest BCUT2D eigenvalue weighted by Gasteiger charge is -2.51. The summed E-state index contributed by atoms with van der Waals surface area (Å²) in [6.45, 7) is 8.51. The Morgan fingerprint density at radius 1 is 1.32 bits per heavy atom. The molecule has 104 valence electrons. The molecular weight excluding hydrogens is 304 g/mol. The SMILES string of the molecule is CC(N1CCNCC1)C1(c2cccc(Br)c2)COC1. The maximum atomic E-state index is 5.59. The van der Waals surface area contributed by atoms with E-state index in [9.17, 15) is 0 Å². The van der Waals surface area contributed by atoms with Crippen molar-refractivity contribution in [3.63, 3.8) is 0 Å². The van der Waals surface area contributed by atoms with E-state index in [0.717, 1.165) is 43.9 Å². The smallest absolute Gasteiger partial charge is 0.0600 e. The summed E-state index contributed by atoms with van der Waals surface area (Å²) in [5.41, 5.74) is 1.57. The standard InChI is InChI=1S/C15H21BrN2O/c1-12(18-7-5-17-6-8-18)15(10-19-11-15)13-3-2-4-14(16)9-13/h2-4,9,12,17H,5-8,10-11H2,1H3. The van der Waals surface area contributed by atoms with Crippen molar-refractivity contribution in [2.45, 2.75) is 18.4 Å². The van der Waals surface area contributed by atoms with Crippen molar-refractivity contribution in [1.82, 2.24) is 10.2 Å². The molecule has 1 aromatic carbocycles. The Kier molecular flexibility index (Phi) is 3.94. The van der Waals surface area contributed by atoms with Crippen molar-refractivity contribution in [2.24, 2.45) is 0 Å². The summed E-state index contributed by atoms with van der Waals surface area (Å²) in [5, 5.41) is 3.43. The quantitative estimate of drug-likeness (QED) is 0.920. The molecule has 2 saturated heterocycles. The number of benzene rings is 1. The third-order valence-electron chi connectivity index (χ3n) is 4.62. The average molecular weight is 325 g/mol. The number of piperazine rings is 1. The lowest BCUT2D eigenvalue weighted by molar-refractivity contribution is -0.100. The van der Waals surface area contributed by atoms with Crippen LogP contribution in [0.15, 0.2) is 28.7 Å². The average Bonchev–Trinajstić information content (AvgIpc) is 2.38. The van der Waals surface area contributed by atoms with Crippen molar-refractivity contribution in [1.29, 1.82) is 0 Å². The summed E-state index contributed by atoms with van der Waals surface area (Å²) in [7, 11) is 0. The number of hydrogen-bond acceptors (Lipinski definition) is 3. The predicted octanol–water partition coefficient (Wildman–Crippen LogP) is 2.01. The zero-order valence-electron chi connectivity index (χ0n) is 11.4. The van der Waals surface area contributed by atoms with Crippen LogP contribution in [0.25, 0.3) is 0 Å². The maximum absolute atomic E-state index is 5.59. The molecule has 2 heterocycles. The van der Waals surface area contributed by atoms with Crippen LogP contribution in [-0.4, -0.2) is 50.3 Å². The number of nitrogens with zero attached hydrogens (tertiary/aromatic N) is 1. The fraction of sp³-hybridized carbons (Fsp3) is 0.600. The molecule has 19 heavy (non-hydrogen) atoms. The summed E-state index contributed by atoms with van der Waals surface area (Å²) < 4.78 is 6.74. The zero-order valence-corrected chi connectivity index (χ0v) is 12.9. The van der Waals surface area contributed by atoms with Gasteiger partial charge in [-0.1, -0.05) is 28.1 Å². The summed E-state index contributed by atoms with van der Waals surface area (Å²) >= 11 is 3.59. The minimum absolute atomic E-state index is 0.168. The summed E-state index contributed by atoms with van der Waals surface area (Å²) in [4.78, 5) is 2.60. The van der Waals surface area contributed by atoms with Crippen LogP contribution in [0.5, 0.6) is 0 Å². The van der Waals surface area contributed by atoms with Crippen LogP contribution < -0.4 is 5.32 Å². The summed E-state index contributed by atoms with van der Waals surface area (Å²) in [6, 6.07) is 9.24. The Morgan fingerprint density at radius 3 is 2.63 bits per heavy atom. The molecule has 0 radical (unpaired) electrons. The van der Waals surface area contributed by atoms with E-state index < -0.39 is 0 Å². The van der Waals surface area contributed by atoms with Crippen molar-refractivity contribution in [3.05, 3.63) is 34.3 Å². The van der Waals surface area contributed by atoms with Gasteiger partial charge in [-0.15, -0.1) is 0 Å². The first-order valence-electron chi connectivity index (χ1n) is 7.01. The highest BCUT2D eigenvalue weighted by molar-refractivity contribution is 9.10. The van der Waals surface area contributed by atoms with Gasteiger partial charge in [-0.3, -0.25) is 4.90 Å². The van der Waals surface area contributed by atoms with E-state index in [-0.39, 0.29) is 5.41 Å². The van der Waals surface area contributed by atoms with Crippen LogP contribution in [-0.2, 0) is 10.2 Å². The Hall–Kier alpha value is -0.420. The Morgan fingerprint density at radius 2 is 2.05 bits per heavy atom. The number of hydrogen-bond donors (Lipinski definition) is 1. The first-order chi connectivity index (χ1) is 9.22. The van der Waals surface area contributed by atoms with Gasteiger partial charge in [0, 0.05) is 36.7 Å². The van der Waals surface area contributed by atoms with E-state index in [1.54, 1.807) is 0 Å². The van der Waals surface area contributed by atoms with Crippen LogP contribution in [0.2, 0.25) is 0 Å². The molecule has 3 rings (SSSR count).